The van der Waals surface area contributed by atoms with Gasteiger partial charge in [-0.2, -0.15) is 4.99 Å². The number of rotatable bonds is 3. The molecule has 0 aromatic carbocycles. The number of hydrogen-bond donors (Lipinski definition) is 1. The molecule has 1 heterocycles. The molecule has 1 N–H and O–H groups in total. The molecule has 0 bridgehead atoms. The van der Waals surface area contributed by atoms with Gasteiger partial charge in [0, 0.05) is 18.2 Å². The standard InChI is InChI=1S/C8H12N2O/c1-7(10-6-11)5-8-3-2-4-9-8/h8-9H,1-5H2. The molecular formula is C8H12N2O. The highest BCUT2D eigenvalue weighted by atomic mass is 16.1. The highest BCUT2D eigenvalue weighted by Gasteiger charge is 2.14. The Kier molecular flexibility index (Phi) is 3.02. The molecule has 1 aliphatic heterocycles. The van der Waals surface area contributed by atoms with Gasteiger partial charge in [0.1, 0.15) is 0 Å². The zero-order chi connectivity index (χ0) is 8.10. The molecule has 1 aliphatic rings. The number of carbonyl (C=O) groups excluding carboxylic acids is 1. The molecule has 0 radical (unpaired) electrons. The minimum atomic E-state index is 0.472. The second-order valence-electron chi connectivity index (χ2n) is 2.77. The first-order chi connectivity index (χ1) is 5.33. The van der Waals surface area contributed by atoms with E-state index in [4.69, 9.17) is 0 Å². The Hall–Kier alpha value is -0.920. The van der Waals surface area contributed by atoms with Gasteiger partial charge in [0.15, 0.2) is 0 Å². The molecule has 11 heavy (non-hydrogen) atoms. The first-order valence-corrected chi connectivity index (χ1v) is 3.82. The van der Waals surface area contributed by atoms with Gasteiger partial charge in [-0.1, -0.05) is 6.58 Å². The lowest BCUT2D eigenvalue weighted by molar-refractivity contribution is 0.561. The summed E-state index contributed by atoms with van der Waals surface area (Å²) in [7, 11) is 0. The van der Waals surface area contributed by atoms with Crippen LogP contribution < -0.4 is 5.32 Å². The fourth-order valence-electron chi connectivity index (χ4n) is 1.33. The van der Waals surface area contributed by atoms with Crippen molar-refractivity contribution in [2.45, 2.75) is 25.3 Å². The molecular weight excluding hydrogens is 140 g/mol. The zero-order valence-corrected chi connectivity index (χ0v) is 6.47. The molecule has 1 unspecified atom stereocenters. The van der Waals surface area contributed by atoms with E-state index in [9.17, 15) is 4.79 Å². The van der Waals surface area contributed by atoms with Gasteiger partial charge in [0.2, 0.25) is 6.08 Å². The van der Waals surface area contributed by atoms with Crippen LogP contribution in [-0.2, 0) is 4.79 Å². The van der Waals surface area contributed by atoms with Crippen LogP contribution in [0.3, 0.4) is 0 Å². The number of aliphatic imine (C=N–C) groups is 1. The van der Waals surface area contributed by atoms with E-state index in [1.165, 1.54) is 12.5 Å². The van der Waals surface area contributed by atoms with Crippen molar-refractivity contribution in [2.24, 2.45) is 4.99 Å². The van der Waals surface area contributed by atoms with E-state index >= 15 is 0 Å². The molecule has 0 amide bonds. The van der Waals surface area contributed by atoms with Crippen LogP contribution >= 0.6 is 0 Å². The van der Waals surface area contributed by atoms with E-state index in [1.54, 1.807) is 0 Å². The lowest BCUT2D eigenvalue weighted by atomic mass is 10.1. The molecule has 0 aromatic heterocycles. The minimum absolute atomic E-state index is 0.472. The molecule has 0 spiro atoms. The molecule has 0 aliphatic carbocycles. The maximum Gasteiger partial charge on any atom is 0.240 e. The Morgan fingerprint density at radius 2 is 2.64 bits per heavy atom. The summed E-state index contributed by atoms with van der Waals surface area (Å²) in [5.74, 6) is 0. The van der Waals surface area contributed by atoms with E-state index in [0.717, 1.165) is 19.4 Å². The molecule has 1 atom stereocenters. The summed E-state index contributed by atoms with van der Waals surface area (Å²) in [5, 5.41) is 3.30. The first-order valence-electron chi connectivity index (χ1n) is 3.82. The molecule has 1 saturated heterocycles. The number of nitrogens with zero attached hydrogens (tertiary/aromatic N) is 1. The number of isocyanates is 1. The molecule has 3 heteroatoms. The van der Waals surface area contributed by atoms with Gasteiger partial charge in [-0.05, 0) is 19.4 Å². The molecule has 0 saturated carbocycles. The Morgan fingerprint density at radius 3 is 3.18 bits per heavy atom. The molecule has 1 fully saturated rings. The number of hydrogen-bond acceptors (Lipinski definition) is 3. The van der Waals surface area contributed by atoms with Crippen molar-refractivity contribution in [3.63, 3.8) is 0 Å². The summed E-state index contributed by atoms with van der Waals surface area (Å²) >= 11 is 0. The largest absolute Gasteiger partial charge is 0.314 e. The predicted molar refractivity (Wildman–Crippen MR) is 42.9 cm³/mol. The van der Waals surface area contributed by atoms with Crippen LogP contribution in [0.5, 0.6) is 0 Å². The van der Waals surface area contributed by atoms with Gasteiger partial charge in [0.25, 0.3) is 0 Å². The van der Waals surface area contributed by atoms with Crippen LogP contribution in [-0.4, -0.2) is 18.7 Å². The van der Waals surface area contributed by atoms with Gasteiger partial charge < -0.3 is 5.32 Å². The maximum atomic E-state index is 9.82. The quantitative estimate of drug-likeness (QED) is 0.483. The van der Waals surface area contributed by atoms with Gasteiger partial charge in [-0.25, -0.2) is 4.79 Å². The fourth-order valence-corrected chi connectivity index (χ4v) is 1.33. The van der Waals surface area contributed by atoms with Crippen molar-refractivity contribution in [2.75, 3.05) is 6.54 Å². The summed E-state index contributed by atoms with van der Waals surface area (Å²) in [6, 6.07) is 0.472. The Balaban J connectivity index is 2.29. The summed E-state index contributed by atoms with van der Waals surface area (Å²) < 4.78 is 0. The summed E-state index contributed by atoms with van der Waals surface area (Å²) in [6.45, 7) is 4.71. The summed E-state index contributed by atoms with van der Waals surface area (Å²) in [5.41, 5.74) is 0.624. The van der Waals surface area contributed by atoms with Crippen molar-refractivity contribution < 1.29 is 4.79 Å². The minimum Gasteiger partial charge on any atom is -0.314 e. The van der Waals surface area contributed by atoms with Crippen LogP contribution in [0.15, 0.2) is 17.3 Å². The fraction of sp³-hybridized carbons (Fsp3) is 0.625. The van der Waals surface area contributed by atoms with Crippen LogP contribution in [0.25, 0.3) is 0 Å². The van der Waals surface area contributed by atoms with Crippen LogP contribution in [0.4, 0.5) is 0 Å². The SMILES string of the molecule is C=C(CC1CCCN1)N=C=O. The Labute approximate surface area is 66.2 Å². The van der Waals surface area contributed by atoms with Crippen molar-refractivity contribution in [1.82, 2.24) is 5.32 Å². The maximum absolute atomic E-state index is 9.82. The van der Waals surface area contributed by atoms with Crippen molar-refractivity contribution in [3.05, 3.63) is 12.3 Å². The monoisotopic (exact) mass is 152 g/mol. The molecule has 0 aromatic rings. The third kappa shape index (κ3) is 2.66. The van der Waals surface area contributed by atoms with Crippen LogP contribution in [0, 0.1) is 0 Å². The summed E-state index contributed by atoms with van der Waals surface area (Å²) in [6.07, 6.45) is 4.63. The van der Waals surface area contributed by atoms with Gasteiger partial charge >= 0.3 is 0 Å². The van der Waals surface area contributed by atoms with Crippen LogP contribution in [0.1, 0.15) is 19.3 Å². The van der Waals surface area contributed by atoms with Gasteiger partial charge in [-0.3, -0.25) is 0 Å². The highest BCUT2D eigenvalue weighted by Crippen LogP contribution is 2.13. The summed E-state index contributed by atoms with van der Waals surface area (Å²) in [4.78, 5) is 13.3. The lowest BCUT2D eigenvalue weighted by Crippen LogP contribution is -2.21. The van der Waals surface area contributed by atoms with E-state index in [-0.39, 0.29) is 0 Å². The zero-order valence-electron chi connectivity index (χ0n) is 6.47. The van der Waals surface area contributed by atoms with Crippen molar-refractivity contribution >= 4 is 6.08 Å². The van der Waals surface area contributed by atoms with Crippen molar-refractivity contribution in [3.8, 4) is 0 Å². The van der Waals surface area contributed by atoms with Gasteiger partial charge in [0.05, 0.1) is 0 Å². The molecule has 60 valence electrons. The van der Waals surface area contributed by atoms with Gasteiger partial charge in [-0.15, -0.1) is 0 Å². The smallest absolute Gasteiger partial charge is 0.240 e. The van der Waals surface area contributed by atoms with E-state index < -0.39 is 0 Å². The Bertz CT molecular complexity index is 188. The normalized spacial score (nSPS) is 22.7. The Morgan fingerprint density at radius 1 is 1.82 bits per heavy atom. The predicted octanol–water partition coefficient (Wildman–Crippen LogP) is 0.978. The third-order valence-corrected chi connectivity index (χ3v) is 1.85. The molecule has 3 nitrogen and oxygen atoms in total. The first kappa shape index (κ1) is 8.18. The molecule has 1 rings (SSSR count). The average molecular weight is 152 g/mol. The second-order valence-corrected chi connectivity index (χ2v) is 2.77. The van der Waals surface area contributed by atoms with Crippen molar-refractivity contribution in [1.29, 1.82) is 0 Å². The number of nitrogens with one attached hydrogen (secondary N) is 1. The van der Waals surface area contributed by atoms with E-state index in [0.29, 0.717) is 11.7 Å². The van der Waals surface area contributed by atoms with E-state index in [2.05, 4.69) is 16.9 Å². The third-order valence-electron chi connectivity index (χ3n) is 1.85. The highest BCUT2D eigenvalue weighted by molar-refractivity contribution is 5.36. The average Bonchev–Trinajstić information content (AvgIpc) is 2.40. The van der Waals surface area contributed by atoms with Crippen LogP contribution in [0.2, 0.25) is 0 Å². The lowest BCUT2D eigenvalue weighted by Gasteiger charge is -2.07. The topological polar surface area (TPSA) is 41.5 Å². The second kappa shape index (κ2) is 4.06. The van der Waals surface area contributed by atoms with E-state index in [1.807, 2.05) is 0 Å².